The van der Waals surface area contributed by atoms with Crippen molar-refractivity contribution in [3.05, 3.63) is 41.9 Å². The first kappa shape index (κ1) is 18.3. The lowest BCUT2D eigenvalue weighted by molar-refractivity contribution is 0.0868. The molecule has 6 rings (SSSR count). The second kappa shape index (κ2) is 6.51. The number of carbonyl (C=O) groups excluding carboxylic acids is 1. The Morgan fingerprint density at radius 3 is 2.68 bits per heavy atom. The molecule has 1 amide bonds. The van der Waals surface area contributed by atoms with Crippen LogP contribution in [0.1, 0.15) is 54.9 Å². The van der Waals surface area contributed by atoms with Gasteiger partial charge in [0.2, 0.25) is 0 Å². The van der Waals surface area contributed by atoms with Crippen LogP contribution < -0.4 is 10.6 Å². The van der Waals surface area contributed by atoms with Gasteiger partial charge in [0.05, 0.1) is 23.0 Å². The third-order valence-corrected chi connectivity index (χ3v) is 7.06. The van der Waals surface area contributed by atoms with Gasteiger partial charge in [-0.3, -0.25) is 4.79 Å². The van der Waals surface area contributed by atoms with Crippen LogP contribution in [0.3, 0.4) is 0 Å². The Morgan fingerprint density at radius 2 is 1.97 bits per heavy atom. The summed E-state index contributed by atoms with van der Waals surface area (Å²) in [5.74, 6) is 1.31. The van der Waals surface area contributed by atoms with Crippen molar-refractivity contribution in [3.8, 4) is 11.9 Å². The average molecular weight is 413 g/mol. The molecule has 0 aliphatic heterocycles. The monoisotopic (exact) mass is 413 g/mol. The summed E-state index contributed by atoms with van der Waals surface area (Å²) in [7, 11) is 0. The number of aromatic nitrogens is 4. The van der Waals surface area contributed by atoms with Crippen molar-refractivity contribution >= 4 is 22.6 Å². The highest BCUT2D eigenvalue weighted by atomic mass is 16.1. The van der Waals surface area contributed by atoms with E-state index in [0.29, 0.717) is 34.0 Å². The van der Waals surface area contributed by atoms with Crippen LogP contribution in [0.15, 0.2) is 30.7 Å². The third-order valence-electron chi connectivity index (χ3n) is 7.06. The number of pyridine rings is 2. The number of carbonyl (C=O) groups is 1. The predicted octanol–water partition coefficient (Wildman–Crippen LogP) is 3.18. The van der Waals surface area contributed by atoms with Gasteiger partial charge in [0.1, 0.15) is 6.07 Å². The van der Waals surface area contributed by atoms with Gasteiger partial charge in [-0.2, -0.15) is 15.0 Å². The quantitative estimate of drug-likeness (QED) is 0.665. The molecule has 0 aromatic carbocycles. The molecule has 0 radical (unpaired) electrons. The van der Waals surface area contributed by atoms with Crippen LogP contribution in [-0.2, 0) is 0 Å². The maximum Gasteiger partial charge on any atom is 0.255 e. The van der Waals surface area contributed by atoms with Crippen molar-refractivity contribution in [1.82, 2.24) is 25.1 Å². The Labute approximate surface area is 179 Å². The van der Waals surface area contributed by atoms with Gasteiger partial charge in [0.25, 0.3) is 5.91 Å². The fourth-order valence-electron chi connectivity index (χ4n) is 4.86. The van der Waals surface area contributed by atoms with Crippen molar-refractivity contribution in [2.24, 2.45) is 11.3 Å². The number of hydrogen-bond acceptors (Lipinski definition) is 6. The van der Waals surface area contributed by atoms with E-state index in [4.69, 9.17) is 5.26 Å². The van der Waals surface area contributed by atoms with E-state index in [9.17, 15) is 4.79 Å². The maximum atomic E-state index is 13.0. The summed E-state index contributed by atoms with van der Waals surface area (Å²) in [6.45, 7) is 2.30. The van der Waals surface area contributed by atoms with Gasteiger partial charge in [-0.15, -0.1) is 0 Å². The number of hydrogen-bond donors (Lipinski definition) is 2. The van der Waals surface area contributed by atoms with Gasteiger partial charge in [0, 0.05) is 35.9 Å². The number of nitrogens with zero attached hydrogens (tertiary/aromatic N) is 5. The highest BCUT2D eigenvalue weighted by molar-refractivity contribution is 6.00. The molecule has 2 N–H and O–H groups in total. The number of fused-ring (bicyclic) bond motifs is 1. The lowest BCUT2D eigenvalue weighted by Gasteiger charge is -2.37. The van der Waals surface area contributed by atoms with E-state index in [-0.39, 0.29) is 11.9 Å². The normalized spacial score (nSPS) is 26.3. The van der Waals surface area contributed by atoms with Crippen LogP contribution in [0.2, 0.25) is 0 Å². The number of nitrogens with one attached hydrogen (secondary N) is 2. The molecule has 3 aromatic rings. The van der Waals surface area contributed by atoms with Crippen LogP contribution >= 0.6 is 0 Å². The Kier molecular flexibility index (Phi) is 3.85. The van der Waals surface area contributed by atoms with E-state index >= 15 is 0 Å². The fourth-order valence-corrected chi connectivity index (χ4v) is 4.86. The molecule has 156 valence electrons. The zero-order valence-corrected chi connectivity index (χ0v) is 17.3. The van der Waals surface area contributed by atoms with Gasteiger partial charge in [-0.25, -0.2) is 9.97 Å². The van der Waals surface area contributed by atoms with Gasteiger partial charge < -0.3 is 10.6 Å². The molecule has 3 heterocycles. The zero-order chi connectivity index (χ0) is 21.2. The summed E-state index contributed by atoms with van der Waals surface area (Å²) < 4.78 is 1.64. The summed E-state index contributed by atoms with van der Waals surface area (Å²) in [5, 5.41) is 20.9. The minimum Gasteiger partial charge on any atom is -0.382 e. The lowest BCUT2D eigenvalue weighted by atomic mass is 9.75. The van der Waals surface area contributed by atoms with Crippen LogP contribution in [0.5, 0.6) is 0 Å². The fraction of sp³-hybridized carbons (Fsp3) is 0.435. The van der Waals surface area contributed by atoms with Crippen molar-refractivity contribution in [1.29, 1.82) is 5.26 Å². The molecule has 3 aliphatic rings. The van der Waals surface area contributed by atoms with E-state index in [1.807, 2.05) is 6.07 Å². The molecule has 3 fully saturated rings. The largest absolute Gasteiger partial charge is 0.382 e. The number of amides is 1. The molecule has 8 nitrogen and oxygen atoms in total. The first-order chi connectivity index (χ1) is 15.0. The van der Waals surface area contributed by atoms with Gasteiger partial charge in [-0.1, -0.05) is 6.92 Å². The third kappa shape index (κ3) is 3.12. The van der Waals surface area contributed by atoms with E-state index in [1.54, 1.807) is 23.1 Å². The predicted molar refractivity (Wildman–Crippen MR) is 115 cm³/mol. The Balaban J connectivity index is 1.29. The molecule has 3 aliphatic carbocycles. The summed E-state index contributed by atoms with van der Waals surface area (Å²) in [6, 6.07) is 6.37. The second-order valence-electron chi connectivity index (χ2n) is 9.36. The number of nitriles is 1. The van der Waals surface area contributed by atoms with Crippen molar-refractivity contribution in [2.75, 3.05) is 5.32 Å². The maximum absolute atomic E-state index is 13.0. The average Bonchev–Trinajstić information content (AvgIpc) is 3.64. The smallest absolute Gasteiger partial charge is 0.255 e. The summed E-state index contributed by atoms with van der Waals surface area (Å²) >= 11 is 0. The molecule has 1 spiro atoms. The van der Waals surface area contributed by atoms with Crippen LogP contribution in [0.4, 0.5) is 5.69 Å². The topological polar surface area (TPSA) is 109 Å². The lowest BCUT2D eigenvalue weighted by Crippen LogP contribution is -2.46. The van der Waals surface area contributed by atoms with E-state index in [2.05, 4.69) is 38.7 Å². The summed E-state index contributed by atoms with van der Waals surface area (Å²) in [4.78, 5) is 21.9. The minimum absolute atomic E-state index is 0.0718. The van der Waals surface area contributed by atoms with Crippen molar-refractivity contribution in [2.45, 2.75) is 51.1 Å². The summed E-state index contributed by atoms with van der Waals surface area (Å²) in [6.07, 6.45) is 10.5. The Morgan fingerprint density at radius 1 is 1.16 bits per heavy atom. The molecule has 3 saturated carbocycles. The molecule has 0 bridgehead atoms. The van der Waals surface area contributed by atoms with Crippen molar-refractivity contribution < 1.29 is 4.79 Å². The van der Waals surface area contributed by atoms with Crippen molar-refractivity contribution in [3.63, 3.8) is 0 Å². The Hall–Kier alpha value is -3.47. The molecule has 1 atom stereocenters. The van der Waals surface area contributed by atoms with E-state index < -0.39 is 0 Å². The van der Waals surface area contributed by atoms with Gasteiger partial charge in [-0.05, 0) is 49.5 Å². The molecule has 8 heteroatoms. The van der Waals surface area contributed by atoms with Crippen LogP contribution in [0.25, 0.3) is 16.9 Å². The molecular weight excluding hydrogens is 390 g/mol. The minimum atomic E-state index is -0.0718. The van der Waals surface area contributed by atoms with Crippen LogP contribution in [-0.4, -0.2) is 37.7 Å². The van der Waals surface area contributed by atoms with Crippen LogP contribution in [0, 0.1) is 22.7 Å². The van der Waals surface area contributed by atoms with Gasteiger partial charge in [0.15, 0.2) is 11.5 Å². The number of anilines is 1. The Bertz CT molecular complexity index is 1250. The molecule has 31 heavy (non-hydrogen) atoms. The number of rotatable bonds is 5. The first-order valence-electron chi connectivity index (χ1n) is 10.9. The highest BCUT2D eigenvalue weighted by Gasteiger charge is 2.59. The van der Waals surface area contributed by atoms with E-state index in [1.165, 1.54) is 12.6 Å². The first-order valence-corrected chi connectivity index (χ1v) is 10.9. The highest BCUT2D eigenvalue weighted by Crippen LogP contribution is 2.65. The molecule has 0 unspecified atom stereocenters. The second-order valence-corrected chi connectivity index (χ2v) is 9.36. The van der Waals surface area contributed by atoms with Gasteiger partial charge >= 0.3 is 0 Å². The zero-order valence-electron chi connectivity index (χ0n) is 17.3. The summed E-state index contributed by atoms with van der Waals surface area (Å²) in [5.41, 5.74) is 2.96. The molecular formula is C23H23N7O. The standard InChI is InChI=1S/C23H23N7O/c1-13-6-23(13)7-17(8-23)29-22(31)18-12-25-20(5-19(18)28-16-2-3-16)30-21-15(11-27-30)4-14(9-24)10-26-21/h4-5,10-13,16-17H,2-3,6-8H2,1H3,(H,25,28)(H,29,31)/t13-,17?,23?/m1/s1. The molecule has 0 saturated heterocycles. The SMILES string of the molecule is C[C@@H]1CC12CC(NC(=O)c1cnc(-n3ncc4cc(C#N)cnc43)cc1NC1CC1)C2. The van der Waals surface area contributed by atoms with E-state index in [0.717, 1.165) is 42.7 Å². The molecule has 3 aromatic heterocycles.